The first-order chi connectivity index (χ1) is 4.39. The van der Waals surface area contributed by atoms with Crippen LogP contribution in [0.25, 0.3) is 0 Å². The van der Waals surface area contributed by atoms with Crippen molar-refractivity contribution in [2.45, 2.75) is 5.44 Å². The highest BCUT2D eigenvalue weighted by atomic mass is 32.2. The fourth-order valence-electron chi connectivity index (χ4n) is 0.218. The van der Waals surface area contributed by atoms with Gasteiger partial charge in [0.15, 0.2) is 0 Å². The van der Waals surface area contributed by atoms with Gasteiger partial charge in [0.05, 0.1) is 7.11 Å². The van der Waals surface area contributed by atoms with Crippen LogP contribution in [0.4, 0.5) is 0 Å². The SMILES string of the molecule is COC(=O)C([O])S(=O)(=O)O. The number of hydrogen-bond donors (Lipinski definition) is 1. The van der Waals surface area contributed by atoms with Gasteiger partial charge in [-0.05, 0) is 0 Å². The highest BCUT2D eigenvalue weighted by molar-refractivity contribution is 7.87. The third kappa shape index (κ3) is 2.29. The summed E-state index contributed by atoms with van der Waals surface area (Å²) >= 11 is 0. The van der Waals surface area contributed by atoms with Gasteiger partial charge < -0.3 is 4.74 Å². The Morgan fingerprint density at radius 2 is 2.00 bits per heavy atom. The predicted octanol–water partition coefficient (Wildman–Crippen LogP) is -1.20. The van der Waals surface area contributed by atoms with Crippen molar-refractivity contribution in [2.75, 3.05) is 7.11 Å². The molecule has 59 valence electrons. The first-order valence-corrected chi connectivity index (χ1v) is 3.60. The van der Waals surface area contributed by atoms with E-state index in [2.05, 4.69) is 4.74 Å². The molecule has 6 nitrogen and oxygen atoms in total. The van der Waals surface area contributed by atoms with Crippen molar-refractivity contribution in [1.29, 1.82) is 0 Å². The van der Waals surface area contributed by atoms with E-state index >= 15 is 0 Å². The topological polar surface area (TPSA) is 101 Å². The van der Waals surface area contributed by atoms with Crippen molar-refractivity contribution in [3.05, 3.63) is 0 Å². The monoisotopic (exact) mass is 169 g/mol. The van der Waals surface area contributed by atoms with Crippen LogP contribution in [0.3, 0.4) is 0 Å². The second-order valence-electron chi connectivity index (χ2n) is 1.37. The van der Waals surface area contributed by atoms with Crippen LogP contribution < -0.4 is 0 Å². The van der Waals surface area contributed by atoms with E-state index in [1.807, 2.05) is 0 Å². The smallest absolute Gasteiger partial charge is 0.357 e. The molecule has 0 aliphatic heterocycles. The van der Waals surface area contributed by atoms with Crippen LogP contribution >= 0.6 is 0 Å². The number of methoxy groups -OCH3 is 1. The molecule has 0 aliphatic rings. The molecule has 10 heavy (non-hydrogen) atoms. The molecular formula is C3H5O6S. The number of carbonyl (C=O) groups is 1. The lowest BCUT2D eigenvalue weighted by atomic mass is 10.7. The summed E-state index contributed by atoms with van der Waals surface area (Å²) in [6, 6.07) is 0. The highest BCUT2D eigenvalue weighted by Crippen LogP contribution is 1.96. The van der Waals surface area contributed by atoms with E-state index in [1.165, 1.54) is 0 Å². The first kappa shape index (κ1) is 9.34. The summed E-state index contributed by atoms with van der Waals surface area (Å²) in [4.78, 5) is 10.1. The van der Waals surface area contributed by atoms with Crippen molar-refractivity contribution >= 4 is 16.1 Å². The molecule has 0 bridgehead atoms. The van der Waals surface area contributed by atoms with Gasteiger partial charge in [-0.25, -0.2) is 4.79 Å². The Labute approximate surface area is 57.2 Å². The van der Waals surface area contributed by atoms with Crippen molar-refractivity contribution in [3.63, 3.8) is 0 Å². The van der Waals surface area contributed by atoms with Crippen molar-refractivity contribution in [2.24, 2.45) is 0 Å². The summed E-state index contributed by atoms with van der Waals surface area (Å²) in [5.41, 5.74) is -2.75. The third-order valence-corrected chi connectivity index (χ3v) is 1.40. The molecule has 7 heteroatoms. The number of carbonyl (C=O) groups excluding carboxylic acids is 1. The van der Waals surface area contributed by atoms with Crippen molar-refractivity contribution < 1.29 is 27.6 Å². The minimum Gasteiger partial charge on any atom is -0.466 e. The Morgan fingerprint density at radius 1 is 1.60 bits per heavy atom. The molecule has 0 aromatic heterocycles. The van der Waals surface area contributed by atoms with Gasteiger partial charge >= 0.3 is 21.5 Å². The molecular weight excluding hydrogens is 164 g/mol. The van der Waals surface area contributed by atoms with E-state index < -0.39 is 21.5 Å². The second kappa shape index (κ2) is 2.95. The maximum atomic E-state index is 10.2. The molecule has 0 aliphatic carbocycles. The Hall–Kier alpha value is -0.660. The Bertz CT molecular complexity index is 215. The van der Waals surface area contributed by atoms with Crippen LogP contribution in [-0.2, 0) is 24.8 Å². The van der Waals surface area contributed by atoms with Crippen LogP contribution in [0.1, 0.15) is 0 Å². The molecule has 1 unspecified atom stereocenters. The first-order valence-electron chi connectivity index (χ1n) is 2.09. The van der Waals surface area contributed by atoms with Gasteiger partial charge in [-0.15, -0.1) is 0 Å². The van der Waals surface area contributed by atoms with E-state index in [0.717, 1.165) is 7.11 Å². The van der Waals surface area contributed by atoms with E-state index in [0.29, 0.717) is 0 Å². The van der Waals surface area contributed by atoms with E-state index in [-0.39, 0.29) is 0 Å². The Balaban J connectivity index is 4.39. The molecule has 0 saturated carbocycles. The van der Waals surface area contributed by atoms with Crippen LogP contribution in [0, 0.1) is 0 Å². The van der Waals surface area contributed by atoms with Crippen LogP contribution in [0.2, 0.25) is 0 Å². The minimum absolute atomic E-state index is 0.846. The molecule has 1 radical (unpaired) electrons. The Kier molecular flexibility index (Phi) is 2.76. The highest BCUT2D eigenvalue weighted by Gasteiger charge is 2.31. The van der Waals surface area contributed by atoms with Crippen LogP contribution in [0.15, 0.2) is 0 Å². The summed E-state index contributed by atoms with van der Waals surface area (Å²) in [5.74, 6) is -1.53. The zero-order valence-electron chi connectivity index (χ0n) is 4.97. The van der Waals surface area contributed by atoms with Gasteiger partial charge in [-0.3, -0.25) is 4.55 Å². The second-order valence-corrected chi connectivity index (χ2v) is 2.83. The van der Waals surface area contributed by atoms with Gasteiger partial charge in [0.2, 0.25) is 0 Å². The van der Waals surface area contributed by atoms with Crippen molar-refractivity contribution in [1.82, 2.24) is 0 Å². The lowest BCUT2D eigenvalue weighted by Gasteiger charge is -2.00. The Morgan fingerprint density at radius 3 is 2.10 bits per heavy atom. The molecule has 0 aromatic carbocycles. The van der Waals surface area contributed by atoms with E-state index in [1.54, 1.807) is 0 Å². The summed E-state index contributed by atoms with van der Waals surface area (Å²) in [7, 11) is -4.00. The molecule has 0 saturated heterocycles. The van der Waals surface area contributed by atoms with Gasteiger partial charge in [0, 0.05) is 0 Å². The summed E-state index contributed by atoms with van der Waals surface area (Å²) < 4.78 is 31.4. The number of hydrogen-bond acceptors (Lipinski definition) is 4. The normalized spacial score (nSPS) is 14.3. The van der Waals surface area contributed by atoms with Crippen molar-refractivity contribution in [3.8, 4) is 0 Å². The molecule has 0 spiro atoms. The molecule has 0 heterocycles. The zero-order chi connectivity index (χ0) is 8.36. The summed E-state index contributed by atoms with van der Waals surface area (Å²) in [6.07, 6.45) is 0. The number of esters is 1. The van der Waals surface area contributed by atoms with Crippen LogP contribution in [0.5, 0.6) is 0 Å². The average Bonchev–Trinajstić information content (AvgIpc) is 1.83. The largest absolute Gasteiger partial charge is 0.466 e. The number of rotatable bonds is 2. The van der Waals surface area contributed by atoms with Gasteiger partial charge in [-0.1, -0.05) is 0 Å². The third-order valence-electron chi connectivity index (χ3n) is 0.664. The quantitative estimate of drug-likeness (QED) is 0.413. The van der Waals surface area contributed by atoms with Gasteiger partial charge in [0.25, 0.3) is 0 Å². The maximum absolute atomic E-state index is 10.2. The van der Waals surface area contributed by atoms with E-state index in [4.69, 9.17) is 4.55 Å². The standard InChI is InChI=1S/C3H5O6S/c1-9-2(4)3(5)10(6,7)8/h3H,1H3,(H,6,7,8). The lowest BCUT2D eigenvalue weighted by Crippen LogP contribution is -2.29. The molecule has 0 amide bonds. The minimum atomic E-state index is -4.84. The molecule has 0 fully saturated rings. The molecule has 1 N–H and O–H groups in total. The molecule has 0 aromatic rings. The summed E-state index contributed by atoms with van der Waals surface area (Å²) in [5, 5.41) is 10.2. The molecule has 1 atom stereocenters. The lowest BCUT2D eigenvalue weighted by molar-refractivity contribution is -0.148. The van der Waals surface area contributed by atoms with Gasteiger partial charge in [0.1, 0.15) is 0 Å². The summed E-state index contributed by atoms with van der Waals surface area (Å²) in [6.45, 7) is 0. The molecule has 0 rings (SSSR count). The van der Waals surface area contributed by atoms with E-state index in [9.17, 15) is 18.3 Å². The predicted molar refractivity (Wildman–Crippen MR) is 28.0 cm³/mol. The van der Waals surface area contributed by atoms with Gasteiger partial charge in [-0.2, -0.15) is 13.5 Å². The average molecular weight is 169 g/mol. The maximum Gasteiger partial charge on any atom is 0.357 e. The zero-order valence-corrected chi connectivity index (χ0v) is 5.79. The van der Waals surface area contributed by atoms with Crippen LogP contribution in [-0.4, -0.2) is 31.5 Å². The fourth-order valence-corrected chi connectivity index (χ4v) is 0.557. The fraction of sp³-hybridized carbons (Fsp3) is 0.667. The number of ether oxygens (including phenoxy) is 1.